The molecule has 0 spiro atoms. The Bertz CT molecular complexity index is 1170. The molecule has 0 fully saturated rings. The summed E-state index contributed by atoms with van der Waals surface area (Å²) in [5.74, 6) is 1.39. The fourth-order valence-corrected chi connectivity index (χ4v) is 3.43. The normalized spacial score (nSPS) is 11.2. The molecule has 172 valence electrons. The smallest absolute Gasteiger partial charge is 0.193 e. The highest BCUT2D eigenvalue weighted by molar-refractivity contribution is 14.0. The van der Waals surface area contributed by atoms with Gasteiger partial charge in [-0.15, -0.1) is 24.0 Å². The number of aromatic nitrogens is 4. The van der Waals surface area contributed by atoms with E-state index >= 15 is 0 Å². The third-order valence-corrected chi connectivity index (χ3v) is 5.07. The number of hydrogen-bond donors (Lipinski definition) is 2. The van der Waals surface area contributed by atoms with Crippen LogP contribution in [-0.2, 0) is 13.0 Å². The maximum atomic E-state index is 13.1. The number of aromatic amines is 1. The zero-order chi connectivity index (χ0) is 22.3. The highest BCUT2D eigenvalue weighted by Crippen LogP contribution is 2.16. The van der Waals surface area contributed by atoms with Crippen LogP contribution >= 0.6 is 24.0 Å². The Morgan fingerprint density at radius 3 is 2.61 bits per heavy atom. The molecule has 0 amide bonds. The number of aliphatic imine (C=N–C) groups is 1. The average molecular weight is 559 g/mol. The summed E-state index contributed by atoms with van der Waals surface area (Å²) < 4.78 is 14.9. The second-order valence-electron chi connectivity index (χ2n) is 7.42. The van der Waals surface area contributed by atoms with Gasteiger partial charge < -0.3 is 15.2 Å². The molecule has 4 aromatic rings. The van der Waals surface area contributed by atoms with Crippen molar-refractivity contribution in [1.82, 2.24) is 30.0 Å². The number of H-pyrrole nitrogens is 1. The molecule has 7 nitrogen and oxygen atoms in total. The van der Waals surface area contributed by atoms with Crippen LogP contribution in [0.5, 0.6) is 0 Å². The molecule has 0 aliphatic rings. The lowest BCUT2D eigenvalue weighted by Gasteiger charge is -2.20. The van der Waals surface area contributed by atoms with Crippen molar-refractivity contribution < 1.29 is 4.39 Å². The molecule has 0 bridgehead atoms. The van der Waals surface area contributed by atoms with Gasteiger partial charge in [-0.05, 0) is 35.9 Å². The second kappa shape index (κ2) is 11.6. The van der Waals surface area contributed by atoms with Crippen molar-refractivity contribution >= 4 is 29.9 Å². The molecule has 0 aliphatic heterocycles. The number of benzene rings is 2. The molecule has 0 unspecified atom stereocenters. The van der Waals surface area contributed by atoms with E-state index in [1.165, 1.54) is 12.1 Å². The number of nitrogens with one attached hydrogen (secondary N) is 2. The highest BCUT2D eigenvalue weighted by Gasteiger charge is 2.10. The van der Waals surface area contributed by atoms with E-state index in [4.69, 9.17) is 0 Å². The predicted molar refractivity (Wildman–Crippen MR) is 139 cm³/mol. The van der Waals surface area contributed by atoms with E-state index in [0.29, 0.717) is 13.1 Å². The summed E-state index contributed by atoms with van der Waals surface area (Å²) in [4.78, 5) is 14.3. The van der Waals surface area contributed by atoms with Gasteiger partial charge in [0.15, 0.2) is 5.96 Å². The molecule has 0 aliphatic carbocycles. The van der Waals surface area contributed by atoms with Crippen LogP contribution in [-0.4, -0.2) is 51.2 Å². The Morgan fingerprint density at radius 2 is 1.88 bits per heavy atom. The SMILES string of the molecule is CN=C(NCCc1ccn(-c2ccc(F)cc2)n1)N(C)Cc1ncc(-c2ccccc2)[nH]1.I. The van der Waals surface area contributed by atoms with Gasteiger partial charge in [-0.3, -0.25) is 4.99 Å². The fourth-order valence-electron chi connectivity index (χ4n) is 3.43. The lowest BCUT2D eigenvalue weighted by Crippen LogP contribution is -2.39. The monoisotopic (exact) mass is 559 g/mol. The Labute approximate surface area is 209 Å². The summed E-state index contributed by atoms with van der Waals surface area (Å²) in [6.07, 6.45) is 4.47. The van der Waals surface area contributed by atoms with Crippen molar-refractivity contribution in [1.29, 1.82) is 0 Å². The van der Waals surface area contributed by atoms with Crippen LogP contribution in [0, 0.1) is 5.82 Å². The van der Waals surface area contributed by atoms with E-state index in [9.17, 15) is 4.39 Å². The maximum absolute atomic E-state index is 13.1. The van der Waals surface area contributed by atoms with Crippen LogP contribution in [0.4, 0.5) is 4.39 Å². The molecule has 9 heteroatoms. The minimum absolute atomic E-state index is 0. The van der Waals surface area contributed by atoms with Crippen LogP contribution in [0.15, 0.2) is 78.0 Å². The first-order valence-electron chi connectivity index (χ1n) is 10.4. The van der Waals surface area contributed by atoms with Crippen molar-refractivity contribution in [2.45, 2.75) is 13.0 Å². The van der Waals surface area contributed by atoms with E-state index in [1.54, 1.807) is 23.9 Å². The third-order valence-electron chi connectivity index (χ3n) is 5.07. The zero-order valence-corrected chi connectivity index (χ0v) is 20.9. The van der Waals surface area contributed by atoms with Crippen molar-refractivity contribution in [3.63, 3.8) is 0 Å². The molecule has 0 saturated carbocycles. The molecule has 33 heavy (non-hydrogen) atoms. The van der Waals surface area contributed by atoms with Gasteiger partial charge in [-0.2, -0.15) is 5.10 Å². The standard InChI is InChI=1S/C24H26FN7.HI/c1-26-24(31(2)17-23-28-16-22(29-23)18-6-4-3-5-7-18)27-14-12-20-13-15-32(30-20)21-10-8-19(25)9-11-21;/h3-11,13,15-16H,12,14,17H2,1-2H3,(H,26,27)(H,28,29);1H. The number of hydrogen-bond acceptors (Lipinski definition) is 3. The first-order chi connectivity index (χ1) is 15.6. The lowest BCUT2D eigenvalue weighted by atomic mass is 10.2. The molecule has 0 radical (unpaired) electrons. The van der Waals surface area contributed by atoms with Gasteiger partial charge in [0.1, 0.15) is 11.6 Å². The van der Waals surface area contributed by atoms with E-state index in [0.717, 1.165) is 40.8 Å². The maximum Gasteiger partial charge on any atom is 0.193 e. The Hall–Kier alpha value is -3.21. The second-order valence-corrected chi connectivity index (χ2v) is 7.42. The summed E-state index contributed by atoms with van der Waals surface area (Å²) in [6.45, 7) is 1.29. The summed E-state index contributed by atoms with van der Waals surface area (Å²) in [5.41, 5.74) is 3.87. The molecule has 2 N–H and O–H groups in total. The van der Waals surface area contributed by atoms with Crippen LogP contribution in [0.3, 0.4) is 0 Å². The Kier molecular flexibility index (Phi) is 8.58. The summed E-state index contributed by atoms with van der Waals surface area (Å²) in [7, 11) is 3.74. The summed E-state index contributed by atoms with van der Waals surface area (Å²) >= 11 is 0. The summed E-state index contributed by atoms with van der Waals surface area (Å²) in [5, 5.41) is 7.93. The number of halogens is 2. The topological polar surface area (TPSA) is 74.1 Å². The van der Waals surface area contributed by atoms with E-state index in [2.05, 4.69) is 37.5 Å². The van der Waals surface area contributed by atoms with E-state index in [1.807, 2.05) is 48.6 Å². The molecule has 2 aromatic carbocycles. The van der Waals surface area contributed by atoms with Gasteiger partial charge in [0, 0.05) is 33.3 Å². The van der Waals surface area contributed by atoms with Gasteiger partial charge >= 0.3 is 0 Å². The van der Waals surface area contributed by atoms with Gasteiger partial charge in [-0.25, -0.2) is 14.1 Å². The largest absolute Gasteiger partial charge is 0.356 e. The van der Waals surface area contributed by atoms with E-state index < -0.39 is 0 Å². The van der Waals surface area contributed by atoms with Crippen molar-refractivity contribution in [2.24, 2.45) is 4.99 Å². The molecule has 4 rings (SSSR count). The van der Waals surface area contributed by atoms with Crippen molar-refractivity contribution in [3.8, 4) is 16.9 Å². The first-order valence-corrected chi connectivity index (χ1v) is 10.4. The Morgan fingerprint density at radius 1 is 1.12 bits per heavy atom. The molecule has 2 aromatic heterocycles. The quantitative estimate of drug-likeness (QED) is 0.202. The fraction of sp³-hybridized carbons (Fsp3) is 0.208. The summed E-state index contributed by atoms with van der Waals surface area (Å²) in [6, 6.07) is 18.4. The molecule has 0 saturated heterocycles. The van der Waals surface area contributed by atoms with E-state index in [-0.39, 0.29) is 29.8 Å². The van der Waals surface area contributed by atoms with Gasteiger partial charge in [-0.1, -0.05) is 30.3 Å². The first kappa shape index (κ1) is 24.4. The third kappa shape index (κ3) is 6.41. The predicted octanol–water partition coefficient (Wildman–Crippen LogP) is 4.27. The minimum Gasteiger partial charge on any atom is -0.356 e. The molecule has 0 atom stereocenters. The van der Waals surface area contributed by atoms with Crippen LogP contribution in [0.25, 0.3) is 16.9 Å². The van der Waals surface area contributed by atoms with Gasteiger partial charge in [0.25, 0.3) is 0 Å². The van der Waals surface area contributed by atoms with Crippen LogP contribution in [0.2, 0.25) is 0 Å². The molecule has 2 heterocycles. The van der Waals surface area contributed by atoms with Crippen molar-refractivity contribution in [2.75, 3.05) is 20.6 Å². The average Bonchev–Trinajstić information content (AvgIpc) is 3.48. The molecular formula is C24H27FIN7. The lowest BCUT2D eigenvalue weighted by molar-refractivity contribution is 0.464. The zero-order valence-electron chi connectivity index (χ0n) is 18.6. The highest BCUT2D eigenvalue weighted by atomic mass is 127. The van der Waals surface area contributed by atoms with Crippen LogP contribution < -0.4 is 5.32 Å². The Balaban J connectivity index is 0.00000306. The van der Waals surface area contributed by atoms with Gasteiger partial charge in [0.2, 0.25) is 0 Å². The van der Waals surface area contributed by atoms with Crippen molar-refractivity contribution in [3.05, 3.63) is 90.4 Å². The number of rotatable bonds is 7. The number of nitrogens with zero attached hydrogens (tertiary/aromatic N) is 5. The number of guanidine groups is 1. The van der Waals surface area contributed by atoms with Gasteiger partial charge in [0.05, 0.1) is 29.8 Å². The molecular weight excluding hydrogens is 532 g/mol. The minimum atomic E-state index is -0.258. The van der Waals surface area contributed by atoms with Crippen LogP contribution in [0.1, 0.15) is 11.5 Å². The number of imidazole rings is 1.